The zero-order valence-corrected chi connectivity index (χ0v) is 15.6. The van der Waals surface area contributed by atoms with Crippen LogP contribution in [0.1, 0.15) is 27.7 Å². The Morgan fingerprint density at radius 3 is 1.83 bits per heavy atom. The Labute approximate surface area is 146 Å². The Morgan fingerprint density at radius 2 is 1.33 bits per heavy atom. The van der Waals surface area contributed by atoms with Crippen molar-refractivity contribution in [2.45, 2.75) is 27.7 Å². The lowest BCUT2D eigenvalue weighted by Gasteiger charge is -2.09. The standard InChI is InChI=1S/C18H33NO5/c1-16(2)6-5-8-21-10-12-23-14-15-24-13-11-22-9-7-19-18(20)17(3)4/h16-17H,7-15H2,1-4H3,(H,19,20). The van der Waals surface area contributed by atoms with E-state index in [1.807, 2.05) is 27.7 Å². The van der Waals surface area contributed by atoms with Gasteiger partial charge in [-0.25, -0.2) is 0 Å². The summed E-state index contributed by atoms with van der Waals surface area (Å²) in [5.74, 6) is 6.41. The van der Waals surface area contributed by atoms with Crippen molar-refractivity contribution in [1.29, 1.82) is 0 Å². The molecule has 0 aromatic heterocycles. The second-order valence-corrected chi connectivity index (χ2v) is 5.81. The summed E-state index contributed by atoms with van der Waals surface area (Å²) < 4.78 is 21.4. The van der Waals surface area contributed by atoms with E-state index in [9.17, 15) is 4.79 Å². The molecule has 6 heteroatoms. The predicted octanol–water partition coefficient (Wildman–Crippen LogP) is 1.48. The monoisotopic (exact) mass is 343 g/mol. The lowest BCUT2D eigenvalue weighted by molar-refractivity contribution is -0.124. The third kappa shape index (κ3) is 17.2. The van der Waals surface area contributed by atoms with Crippen molar-refractivity contribution in [3.8, 4) is 11.8 Å². The summed E-state index contributed by atoms with van der Waals surface area (Å²) in [5.41, 5.74) is 0. The molecular formula is C18H33NO5. The molecule has 0 atom stereocenters. The number of carbonyl (C=O) groups excluding carboxylic acids is 1. The van der Waals surface area contributed by atoms with Crippen molar-refractivity contribution < 1.29 is 23.7 Å². The third-order valence-corrected chi connectivity index (χ3v) is 2.75. The van der Waals surface area contributed by atoms with Crippen LogP contribution in [0.3, 0.4) is 0 Å². The van der Waals surface area contributed by atoms with E-state index in [1.165, 1.54) is 0 Å². The molecule has 0 heterocycles. The van der Waals surface area contributed by atoms with Gasteiger partial charge in [0.1, 0.15) is 6.61 Å². The highest BCUT2D eigenvalue weighted by molar-refractivity contribution is 5.77. The molecule has 0 fully saturated rings. The molecule has 0 aromatic rings. The van der Waals surface area contributed by atoms with E-state index in [2.05, 4.69) is 17.2 Å². The highest BCUT2D eigenvalue weighted by Crippen LogP contribution is 1.89. The van der Waals surface area contributed by atoms with Crippen molar-refractivity contribution in [1.82, 2.24) is 5.32 Å². The Hall–Kier alpha value is -1.13. The Morgan fingerprint density at radius 1 is 0.833 bits per heavy atom. The normalized spacial score (nSPS) is 10.8. The van der Waals surface area contributed by atoms with Crippen molar-refractivity contribution in [3.05, 3.63) is 0 Å². The molecule has 0 unspecified atom stereocenters. The Kier molecular flexibility index (Phi) is 15.9. The number of amides is 1. The fraction of sp³-hybridized carbons (Fsp3) is 0.833. The maximum absolute atomic E-state index is 11.3. The lowest BCUT2D eigenvalue weighted by atomic mass is 10.2. The van der Waals surface area contributed by atoms with Crippen molar-refractivity contribution in [2.75, 3.05) is 59.4 Å². The van der Waals surface area contributed by atoms with Crippen LogP contribution in [0.5, 0.6) is 0 Å². The second-order valence-electron chi connectivity index (χ2n) is 5.81. The van der Waals surface area contributed by atoms with Crippen LogP contribution in [-0.2, 0) is 23.7 Å². The van der Waals surface area contributed by atoms with Crippen LogP contribution in [-0.4, -0.2) is 65.3 Å². The van der Waals surface area contributed by atoms with Gasteiger partial charge in [-0.05, 0) is 0 Å². The fourth-order valence-electron chi connectivity index (χ4n) is 1.48. The van der Waals surface area contributed by atoms with E-state index in [0.717, 1.165) is 0 Å². The molecule has 0 aromatic carbocycles. The molecule has 0 saturated carbocycles. The molecule has 0 bridgehead atoms. The van der Waals surface area contributed by atoms with Gasteiger partial charge in [-0.15, -0.1) is 0 Å². The zero-order valence-electron chi connectivity index (χ0n) is 15.6. The van der Waals surface area contributed by atoms with Gasteiger partial charge in [0.25, 0.3) is 0 Å². The summed E-state index contributed by atoms with van der Waals surface area (Å²) in [6, 6.07) is 0. The first-order valence-corrected chi connectivity index (χ1v) is 8.61. The van der Waals surface area contributed by atoms with Gasteiger partial charge in [0.15, 0.2) is 0 Å². The van der Waals surface area contributed by atoms with E-state index in [1.54, 1.807) is 0 Å². The maximum atomic E-state index is 11.3. The number of hydrogen-bond acceptors (Lipinski definition) is 5. The lowest BCUT2D eigenvalue weighted by Crippen LogP contribution is -2.31. The Balaban J connectivity index is 3.13. The Bertz CT molecular complexity index is 360. The highest BCUT2D eigenvalue weighted by atomic mass is 16.6. The first-order valence-electron chi connectivity index (χ1n) is 8.61. The fourth-order valence-corrected chi connectivity index (χ4v) is 1.48. The summed E-state index contributed by atoms with van der Waals surface area (Å²) in [6.45, 7) is 12.5. The average molecular weight is 343 g/mol. The van der Waals surface area contributed by atoms with Gasteiger partial charge in [0, 0.05) is 18.4 Å². The van der Waals surface area contributed by atoms with Crippen molar-refractivity contribution >= 4 is 5.91 Å². The maximum Gasteiger partial charge on any atom is 0.222 e. The average Bonchev–Trinajstić information content (AvgIpc) is 2.53. The van der Waals surface area contributed by atoms with Gasteiger partial charge in [-0.2, -0.15) is 0 Å². The molecule has 0 aliphatic carbocycles. The number of nitrogens with one attached hydrogen (secondary N) is 1. The molecule has 6 nitrogen and oxygen atoms in total. The second kappa shape index (κ2) is 16.7. The van der Waals surface area contributed by atoms with Crippen LogP contribution >= 0.6 is 0 Å². The number of ether oxygens (including phenoxy) is 4. The van der Waals surface area contributed by atoms with Gasteiger partial charge < -0.3 is 24.3 Å². The first kappa shape index (κ1) is 22.9. The molecule has 0 aliphatic heterocycles. The number of carbonyl (C=O) groups is 1. The molecule has 0 radical (unpaired) electrons. The van der Waals surface area contributed by atoms with Gasteiger partial charge in [-0.3, -0.25) is 4.79 Å². The molecule has 0 aliphatic rings. The van der Waals surface area contributed by atoms with Crippen LogP contribution in [0.15, 0.2) is 0 Å². The van der Waals surface area contributed by atoms with Crippen LogP contribution in [0.25, 0.3) is 0 Å². The van der Waals surface area contributed by atoms with Crippen molar-refractivity contribution in [3.63, 3.8) is 0 Å². The summed E-state index contributed by atoms with van der Waals surface area (Å²) in [7, 11) is 0. The highest BCUT2D eigenvalue weighted by Gasteiger charge is 2.04. The zero-order chi connectivity index (χ0) is 18.0. The first-order chi connectivity index (χ1) is 11.5. The van der Waals surface area contributed by atoms with E-state index in [4.69, 9.17) is 18.9 Å². The van der Waals surface area contributed by atoms with Gasteiger partial charge in [0.2, 0.25) is 5.91 Å². The quantitative estimate of drug-likeness (QED) is 0.382. The smallest absolute Gasteiger partial charge is 0.222 e. The minimum atomic E-state index is 0.00621. The summed E-state index contributed by atoms with van der Waals surface area (Å²) in [4.78, 5) is 11.3. The van der Waals surface area contributed by atoms with E-state index in [-0.39, 0.29) is 11.8 Å². The predicted molar refractivity (Wildman–Crippen MR) is 93.7 cm³/mol. The topological polar surface area (TPSA) is 66.0 Å². The summed E-state index contributed by atoms with van der Waals surface area (Å²) in [5, 5.41) is 2.79. The summed E-state index contributed by atoms with van der Waals surface area (Å²) in [6.07, 6.45) is 0. The van der Waals surface area contributed by atoms with Crippen molar-refractivity contribution in [2.24, 2.45) is 11.8 Å². The van der Waals surface area contributed by atoms with Crippen LogP contribution in [0, 0.1) is 23.7 Å². The minimum absolute atomic E-state index is 0.00621. The van der Waals surface area contributed by atoms with Crippen LogP contribution in [0.2, 0.25) is 0 Å². The molecule has 1 amide bonds. The number of hydrogen-bond donors (Lipinski definition) is 1. The van der Waals surface area contributed by atoms with Gasteiger partial charge in [-0.1, -0.05) is 39.5 Å². The third-order valence-electron chi connectivity index (χ3n) is 2.75. The van der Waals surface area contributed by atoms with E-state index >= 15 is 0 Å². The molecule has 140 valence electrons. The van der Waals surface area contributed by atoms with E-state index in [0.29, 0.717) is 65.3 Å². The van der Waals surface area contributed by atoms with Crippen LogP contribution < -0.4 is 5.32 Å². The molecule has 0 spiro atoms. The summed E-state index contributed by atoms with van der Waals surface area (Å²) >= 11 is 0. The van der Waals surface area contributed by atoms with Gasteiger partial charge >= 0.3 is 0 Å². The molecule has 1 N–H and O–H groups in total. The van der Waals surface area contributed by atoms with E-state index < -0.39 is 0 Å². The molecule has 0 rings (SSSR count). The molecule has 24 heavy (non-hydrogen) atoms. The SMILES string of the molecule is CC(C)C#CCOCCOCCOCCOCCNC(=O)C(C)C. The largest absolute Gasteiger partial charge is 0.377 e. The number of rotatable bonds is 14. The molecular weight excluding hydrogens is 310 g/mol. The minimum Gasteiger partial charge on any atom is -0.377 e. The van der Waals surface area contributed by atoms with Gasteiger partial charge in [0.05, 0.1) is 46.2 Å². The molecule has 0 saturated heterocycles. The van der Waals surface area contributed by atoms with Crippen LogP contribution in [0.4, 0.5) is 0 Å².